The summed E-state index contributed by atoms with van der Waals surface area (Å²) in [7, 11) is 0. The van der Waals surface area contributed by atoms with Gasteiger partial charge in [-0.2, -0.15) is 0 Å². The summed E-state index contributed by atoms with van der Waals surface area (Å²) in [5.74, 6) is -0.517. The lowest BCUT2D eigenvalue weighted by atomic mass is 10.1. The average Bonchev–Trinajstić information content (AvgIpc) is 2.59. The standard InChI is InChI=1S/C18H20N2O3/c21-16-7-6-14(12-17(16)22)18(23)13-19-8-10-20(11-9-19)15-4-2-1-3-5-15/h1-7,12,21-22H,8-11,13H2. The first-order chi connectivity index (χ1) is 11.1. The fourth-order valence-electron chi connectivity index (χ4n) is 2.79. The molecule has 0 bridgehead atoms. The Morgan fingerprint density at radius 2 is 1.61 bits per heavy atom. The quantitative estimate of drug-likeness (QED) is 0.669. The highest BCUT2D eigenvalue weighted by molar-refractivity contribution is 5.98. The molecule has 2 aromatic carbocycles. The largest absolute Gasteiger partial charge is 0.504 e. The topological polar surface area (TPSA) is 64.0 Å². The van der Waals surface area contributed by atoms with E-state index in [-0.39, 0.29) is 17.3 Å². The van der Waals surface area contributed by atoms with Crippen molar-refractivity contribution in [2.75, 3.05) is 37.6 Å². The Kier molecular flexibility index (Phi) is 4.48. The van der Waals surface area contributed by atoms with E-state index in [1.54, 1.807) is 0 Å². The Balaban J connectivity index is 1.56. The average molecular weight is 312 g/mol. The first kappa shape index (κ1) is 15.4. The van der Waals surface area contributed by atoms with Crippen LogP contribution in [0.2, 0.25) is 0 Å². The van der Waals surface area contributed by atoms with Crippen molar-refractivity contribution in [1.29, 1.82) is 0 Å². The van der Waals surface area contributed by atoms with Gasteiger partial charge in [-0.25, -0.2) is 0 Å². The highest BCUT2D eigenvalue weighted by Crippen LogP contribution is 2.25. The molecule has 1 saturated heterocycles. The van der Waals surface area contributed by atoms with Crippen LogP contribution in [0, 0.1) is 0 Å². The van der Waals surface area contributed by atoms with Crippen LogP contribution < -0.4 is 4.90 Å². The third-order valence-electron chi connectivity index (χ3n) is 4.16. The van der Waals surface area contributed by atoms with Crippen molar-refractivity contribution in [3.63, 3.8) is 0 Å². The van der Waals surface area contributed by atoms with Crippen molar-refractivity contribution in [2.45, 2.75) is 0 Å². The van der Waals surface area contributed by atoms with Crippen LogP contribution in [-0.4, -0.2) is 53.6 Å². The number of phenols is 2. The van der Waals surface area contributed by atoms with Crippen LogP contribution in [0.4, 0.5) is 5.69 Å². The molecular weight excluding hydrogens is 292 g/mol. The highest BCUT2D eigenvalue weighted by Gasteiger charge is 2.20. The van der Waals surface area contributed by atoms with Crippen molar-refractivity contribution < 1.29 is 15.0 Å². The number of aromatic hydroxyl groups is 2. The number of anilines is 1. The van der Waals surface area contributed by atoms with E-state index in [1.807, 2.05) is 18.2 Å². The second kappa shape index (κ2) is 6.71. The Hall–Kier alpha value is -2.53. The van der Waals surface area contributed by atoms with Gasteiger partial charge in [0, 0.05) is 37.4 Å². The van der Waals surface area contributed by atoms with Crippen molar-refractivity contribution in [2.24, 2.45) is 0 Å². The molecule has 0 saturated carbocycles. The number of hydrogen-bond donors (Lipinski definition) is 2. The van der Waals surface area contributed by atoms with Crippen LogP contribution in [-0.2, 0) is 0 Å². The van der Waals surface area contributed by atoms with E-state index < -0.39 is 0 Å². The molecule has 0 amide bonds. The Morgan fingerprint density at radius 3 is 2.26 bits per heavy atom. The van der Waals surface area contributed by atoms with Gasteiger partial charge in [-0.1, -0.05) is 18.2 Å². The maximum Gasteiger partial charge on any atom is 0.176 e. The fraction of sp³-hybridized carbons (Fsp3) is 0.278. The molecule has 1 aliphatic rings. The molecule has 2 N–H and O–H groups in total. The van der Waals surface area contributed by atoms with Gasteiger partial charge in [0.1, 0.15) is 0 Å². The molecule has 2 aromatic rings. The molecule has 3 rings (SSSR count). The van der Waals surface area contributed by atoms with Crippen LogP contribution in [0.3, 0.4) is 0 Å². The fourth-order valence-corrected chi connectivity index (χ4v) is 2.79. The number of para-hydroxylation sites is 1. The van der Waals surface area contributed by atoms with Crippen LogP contribution in [0.25, 0.3) is 0 Å². The van der Waals surface area contributed by atoms with Crippen LogP contribution >= 0.6 is 0 Å². The molecule has 0 unspecified atom stereocenters. The van der Waals surface area contributed by atoms with Crippen LogP contribution in [0.5, 0.6) is 11.5 Å². The summed E-state index contributed by atoms with van der Waals surface area (Å²) in [5.41, 5.74) is 1.63. The second-order valence-corrected chi connectivity index (χ2v) is 5.73. The molecule has 1 heterocycles. The molecule has 0 atom stereocenters. The third kappa shape index (κ3) is 3.63. The van der Waals surface area contributed by atoms with E-state index in [0.717, 1.165) is 26.2 Å². The predicted molar refractivity (Wildman–Crippen MR) is 89.2 cm³/mol. The zero-order valence-corrected chi connectivity index (χ0v) is 12.9. The number of nitrogens with zero attached hydrogens (tertiary/aromatic N) is 2. The summed E-state index contributed by atoms with van der Waals surface area (Å²) in [6.07, 6.45) is 0. The SMILES string of the molecule is O=C(CN1CCN(c2ccccc2)CC1)c1ccc(O)c(O)c1. The Morgan fingerprint density at radius 1 is 0.913 bits per heavy atom. The van der Waals surface area contributed by atoms with Gasteiger partial charge >= 0.3 is 0 Å². The minimum Gasteiger partial charge on any atom is -0.504 e. The van der Waals surface area contributed by atoms with Crippen molar-refractivity contribution in [3.05, 3.63) is 54.1 Å². The number of carbonyl (C=O) groups is 1. The number of rotatable bonds is 4. The Labute approximate surface area is 135 Å². The molecule has 0 aliphatic carbocycles. The van der Waals surface area contributed by atoms with Gasteiger partial charge in [-0.05, 0) is 30.3 Å². The minimum absolute atomic E-state index is 0.0477. The summed E-state index contributed by atoms with van der Waals surface area (Å²) in [5, 5.41) is 18.8. The number of benzene rings is 2. The lowest BCUT2D eigenvalue weighted by molar-refractivity contribution is 0.0926. The van der Waals surface area contributed by atoms with Crippen LogP contribution in [0.1, 0.15) is 10.4 Å². The number of carbonyl (C=O) groups excluding carboxylic acids is 1. The van der Waals surface area contributed by atoms with Gasteiger partial charge in [-0.15, -0.1) is 0 Å². The van der Waals surface area contributed by atoms with Gasteiger partial charge in [0.25, 0.3) is 0 Å². The van der Waals surface area contributed by atoms with Crippen LogP contribution in [0.15, 0.2) is 48.5 Å². The van der Waals surface area contributed by atoms with Gasteiger partial charge in [-0.3, -0.25) is 9.69 Å². The molecule has 5 heteroatoms. The molecule has 5 nitrogen and oxygen atoms in total. The van der Waals surface area contributed by atoms with E-state index in [2.05, 4.69) is 21.9 Å². The number of hydrogen-bond acceptors (Lipinski definition) is 5. The van der Waals surface area contributed by atoms with Crippen molar-refractivity contribution in [1.82, 2.24) is 4.90 Å². The number of ketones is 1. The molecule has 0 radical (unpaired) electrons. The molecule has 0 aromatic heterocycles. The summed E-state index contributed by atoms with van der Waals surface area (Å²) in [6.45, 7) is 3.75. The second-order valence-electron chi connectivity index (χ2n) is 5.73. The van der Waals surface area contributed by atoms with Gasteiger partial charge in [0.2, 0.25) is 0 Å². The molecule has 0 spiro atoms. The number of phenolic OH excluding ortho intramolecular Hbond substituents is 2. The molecule has 120 valence electrons. The molecule has 1 aliphatic heterocycles. The molecular formula is C18H20N2O3. The van der Waals surface area contributed by atoms with E-state index in [0.29, 0.717) is 12.1 Å². The first-order valence-corrected chi connectivity index (χ1v) is 7.71. The van der Waals surface area contributed by atoms with E-state index in [4.69, 9.17) is 0 Å². The monoisotopic (exact) mass is 312 g/mol. The minimum atomic E-state index is -0.259. The Bertz CT molecular complexity index is 680. The lowest BCUT2D eigenvalue weighted by Crippen LogP contribution is -2.48. The molecule has 23 heavy (non-hydrogen) atoms. The molecule has 1 fully saturated rings. The zero-order chi connectivity index (χ0) is 16.2. The van der Waals surface area contributed by atoms with E-state index in [1.165, 1.54) is 23.9 Å². The summed E-state index contributed by atoms with van der Waals surface area (Å²) < 4.78 is 0. The summed E-state index contributed by atoms with van der Waals surface area (Å²) in [6, 6.07) is 14.5. The summed E-state index contributed by atoms with van der Waals surface area (Å²) in [4.78, 5) is 16.7. The predicted octanol–water partition coefficient (Wildman–Crippen LogP) is 2.10. The zero-order valence-electron chi connectivity index (χ0n) is 12.9. The first-order valence-electron chi connectivity index (χ1n) is 7.71. The van der Waals surface area contributed by atoms with Gasteiger partial charge < -0.3 is 15.1 Å². The number of Topliss-reactive ketones (excluding diaryl/α,β-unsaturated/α-hetero) is 1. The van der Waals surface area contributed by atoms with Crippen molar-refractivity contribution >= 4 is 11.5 Å². The van der Waals surface area contributed by atoms with Crippen molar-refractivity contribution in [3.8, 4) is 11.5 Å². The van der Waals surface area contributed by atoms with Gasteiger partial charge in [0.15, 0.2) is 17.3 Å². The van der Waals surface area contributed by atoms with Gasteiger partial charge in [0.05, 0.1) is 6.54 Å². The number of piperazine rings is 1. The smallest absolute Gasteiger partial charge is 0.176 e. The maximum absolute atomic E-state index is 12.3. The third-order valence-corrected chi connectivity index (χ3v) is 4.16. The normalized spacial score (nSPS) is 15.6. The van der Waals surface area contributed by atoms with E-state index >= 15 is 0 Å². The lowest BCUT2D eigenvalue weighted by Gasteiger charge is -2.35. The highest BCUT2D eigenvalue weighted by atomic mass is 16.3. The summed E-state index contributed by atoms with van der Waals surface area (Å²) >= 11 is 0. The van der Waals surface area contributed by atoms with E-state index in [9.17, 15) is 15.0 Å². The maximum atomic E-state index is 12.3.